The van der Waals surface area contributed by atoms with E-state index < -0.39 is 0 Å². The maximum Gasteiger partial charge on any atom is 0.224 e. The Bertz CT molecular complexity index is 189. The van der Waals surface area contributed by atoms with E-state index in [1.54, 1.807) is 0 Å². The van der Waals surface area contributed by atoms with Crippen LogP contribution in [0, 0.1) is 11.8 Å². The van der Waals surface area contributed by atoms with Gasteiger partial charge in [-0.3, -0.25) is 4.79 Å². The van der Waals surface area contributed by atoms with Crippen LogP contribution in [0.2, 0.25) is 0 Å². The number of carbonyl (C=O) groups is 1. The molecule has 1 fully saturated rings. The first-order valence-electron chi connectivity index (χ1n) is 5.34. The van der Waals surface area contributed by atoms with Crippen molar-refractivity contribution in [3.8, 4) is 0 Å². The molecule has 0 radical (unpaired) electrons. The lowest BCUT2D eigenvalue weighted by Gasteiger charge is -2.15. The van der Waals surface area contributed by atoms with Crippen molar-refractivity contribution >= 4 is 5.91 Å². The summed E-state index contributed by atoms with van der Waals surface area (Å²) in [6, 6.07) is 0. The van der Waals surface area contributed by atoms with E-state index in [1.165, 1.54) is 0 Å². The van der Waals surface area contributed by atoms with Crippen LogP contribution in [0.4, 0.5) is 0 Å². The molecule has 0 saturated heterocycles. The molecule has 0 aliphatic heterocycles. The molecule has 4 nitrogen and oxygen atoms in total. The number of rotatable bonds is 6. The van der Waals surface area contributed by atoms with E-state index in [1.807, 2.05) is 6.92 Å². The van der Waals surface area contributed by atoms with E-state index in [9.17, 15) is 9.90 Å². The minimum Gasteiger partial charge on any atom is -0.391 e. The molecule has 0 aromatic carbocycles. The van der Waals surface area contributed by atoms with Gasteiger partial charge in [0.05, 0.1) is 6.10 Å². The zero-order chi connectivity index (χ0) is 10.6. The number of nitrogens with two attached hydrogens (primary N) is 1. The van der Waals surface area contributed by atoms with E-state index in [2.05, 4.69) is 5.32 Å². The third-order valence-electron chi connectivity index (χ3n) is 2.80. The maximum atomic E-state index is 11.5. The first-order chi connectivity index (χ1) is 6.69. The van der Waals surface area contributed by atoms with Gasteiger partial charge in [-0.15, -0.1) is 0 Å². The van der Waals surface area contributed by atoms with E-state index in [-0.39, 0.29) is 17.9 Å². The first-order valence-corrected chi connectivity index (χ1v) is 5.34. The molecule has 0 bridgehead atoms. The fraction of sp³-hybridized carbons (Fsp3) is 0.900. The van der Waals surface area contributed by atoms with Crippen LogP contribution in [-0.4, -0.2) is 30.2 Å². The highest BCUT2D eigenvalue weighted by Crippen LogP contribution is 2.32. The average molecular weight is 200 g/mol. The lowest BCUT2D eigenvalue weighted by atomic mass is 10.1. The van der Waals surface area contributed by atoms with Crippen molar-refractivity contribution in [3.63, 3.8) is 0 Å². The van der Waals surface area contributed by atoms with Crippen molar-refractivity contribution in [2.45, 2.75) is 32.3 Å². The lowest BCUT2D eigenvalue weighted by molar-refractivity contribution is -0.125. The molecular weight excluding hydrogens is 180 g/mol. The van der Waals surface area contributed by atoms with Crippen LogP contribution in [0.25, 0.3) is 0 Å². The van der Waals surface area contributed by atoms with Crippen LogP contribution in [-0.2, 0) is 4.79 Å². The zero-order valence-corrected chi connectivity index (χ0v) is 8.70. The topological polar surface area (TPSA) is 75.4 Å². The second kappa shape index (κ2) is 5.32. The van der Waals surface area contributed by atoms with Gasteiger partial charge >= 0.3 is 0 Å². The van der Waals surface area contributed by atoms with E-state index in [0.29, 0.717) is 19.0 Å². The summed E-state index contributed by atoms with van der Waals surface area (Å²) >= 11 is 0. The van der Waals surface area contributed by atoms with Gasteiger partial charge in [-0.25, -0.2) is 0 Å². The SMILES string of the molecule is CCC(CN)C(=O)NCC(O)C1CC1. The number of hydrogen-bond donors (Lipinski definition) is 3. The van der Waals surface area contributed by atoms with E-state index >= 15 is 0 Å². The quantitative estimate of drug-likeness (QED) is 0.558. The number of aliphatic hydroxyl groups excluding tert-OH is 1. The Morgan fingerprint density at radius 1 is 1.64 bits per heavy atom. The molecule has 1 aliphatic carbocycles. The summed E-state index contributed by atoms with van der Waals surface area (Å²) in [7, 11) is 0. The van der Waals surface area contributed by atoms with Gasteiger partial charge in [-0.05, 0) is 25.2 Å². The van der Waals surface area contributed by atoms with Crippen LogP contribution < -0.4 is 11.1 Å². The summed E-state index contributed by atoms with van der Waals surface area (Å²) in [5.74, 6) is 0.268. The van der Waals surface area contributed by atoms with Gasteiger partial charge < -0.3 is 16.2 Å². The van der Waals surface area contributed by atoms with Gasteiger partial charge in [0.1, 0.15) is 0 Å². The Labute approximate surface area is 84.9 Å². The second-order valence-corrected chi connectivity index (χ2v) is 3.99. The lowest BCUT2D eigenvalue weighted by Crippen LogP contribution is -2.39. The summed E-state index contributed by atoms with van der Waals surface area (Å²) in [5.41, 5.74) is 5.44. The molecule has 82 valence electrons. The summed E-state index contributed by atoms with van der Waals surface area (Å²) in [6.07, 6.45) is 2.56. The number of aliphatic hydroxyl groups is 1. The predicted octanol–water partition coefficient (Wildman–Crippen LogP) is -0.142. The molecule has 4 heteroatoms. The molecule has 14 heavy (non-hydrogen) atoms. The minimum absolute atomic E-state index is 0.0327. The Morgan fingerprint density at radius 2 is 2.29 bits per heavy atom. The molecule has 1 saturated carbocycles. The van der Waals surface area contributed by atoms with E-state index in [4.69, 9.17) is 5.73 Å². The van der Waals surface area contributed by atoms with Gasteiger partial charge in [-0.1, -0.05) is 6.92 Å². The summed E-state index contributed by atoms with van der Waals surface area (Å²) in [4.78, 5) is 11.5. The molecule has 0 aromatic heterocycles. The van der Waals surface area contributed by atoms with Crippen molar-refractivity contribution in [3.05, 3.63) is 0 Å². The molecule has 0 spiro atoms. The molecule has 2 atom stereocenters. The number of amides is 1. The Morgan fingerprint density at radius 3 is 2.71 bits per heavy atom. The van der Waals surface area contributed by atoms with E-state index in [0.717, 1.165) is 19.3 Å². The van der Waals surface area contributed by atoms with Crippen molar-refractivity contribution in [1.29, 1.82) is 0 Å². The molecule has 1 aliphatic rings. The molecule has 2 unspecified atom stereocenters. The van der Waals surface area contributed by atoms with Gasteiger partial charge in [0.25, 0.3) is 0 Å². The summed E-state index contributed by atoms with van der Waals surface area (Å²) in [5, 5.41) is 12.3. The van der Waals surface area contributed by atoms with Crippen molar-refractivity contribution in [2.24, 2.45) is 17.6 Å². The van der Waals surface area contributed by atoms with Crippen LogP contribution in [0.5, 0.6) is 0 Å². The normalized spacial score (nSPS) is 20.2. The highest BCUT2D eigenvalue weighted by atomic mass is 16.3. The molecule has 1 rings (SSSR count). The molecule has 1 amide bonds. The molecule has 0 aromatic rings. The number of carbonyl (C=O) groups excluding carboxylic acids is 1. The first kappa shape index (κ1) is 11.5. The monoisotopic (exact) mass is 200 g/mol. The largest absolute Gasteiger partial charge is 0.391 e. The predicted molar refractivity (Wildman–Crippen MR) is 54.6 cm³/mol. The number of hydrogen-bond acceptors (Lipinski definition) is 3. The molecule has 0 heterocycles. The fourth-order valence-corrected chi connectivity index (χ4v) is 1.46. The van der Waals surface area contributed by atoms with Gasteiger partial charge in [0.15, 0.2) is 0 Å². The smallest absolute Gasteiger partial charge is 0.224 e. The summed E-state index contributed by atoms with van der Waals surface area (Å²) in [6.45, 7) is 2.69. The maximum absolute atomic E-state index is 11.5. The van der Waals surface area contributed by atoms with Crippen molar-refractivity contribution in [2.75, 3.05) is 13.1 Å². The second-order valence-electron chi connectivity index (χ2n) is 3.99. The fourth-order valence-electron chi connectivity index (χ4n) is 1.46. The number of nitrogens with one attached hydrogen (secondary N) is 1. The standard InChI is InChI=1S/C10H20N2O2/c1-2-7(5-11)10(14)12-6-9(13)8-3-4-8/h7-9,13H,2-6,11H2,1H3,(H,12,14). The zero-order valence-electron chi connectivity index (χ0n) is 8.70. The highest BCUT2D eigenvalue weighted by molar-refractivity contribution is 5.78. The van der Waals surface area contributed by atoms with Gasteiger partial charge in [0.2, 0.25) is 5.91 Å². The third kappa shape index (κ3) is 3.27. The molecule has 4 N–H and O–H groups in total. The van der Waals surface area contributed by atoms with Crippen LogP contribution in [0.15, 0.2) is 0 Å². The van der Waals surface area contributed by atoms with Gasteiger partial charge in [0, 0.05) is 19.0 Å². The van der Waals surface area contributed by atoms with Crippen LogP contribution in [0.1, 0.15) is 26.2 Å². The highest BCUT2D eigenvalue weighted by Gasteiger charge is 2.30. The Balaban J connectivity index is 2.18. The van der Waals surface area contributed by atoms with Gasteiger partial charge in [-0.2, -0.15) is 0 Å². The molecular formula is C10H20N2O2. The van der Waals surface area contributed by atoms with Crippen LogP contribution in [0.3, 0.4) is 0 Å². The van der Waals surface area contributed by atoms with Crippen molar-refractivity contribution in [1.82, 2.24) is 5.32 Å². The Kier molecular flexibility index (Phi) is 4.35. The van der Waals surface area contributed by atoms with Crippen LogP contribution >= 0.6 is 0 Å². The third-order valence-corrected chi connectivity index (χ3v) is 2.80. The van der Waals surface area contributed by atoms with Crippen molar-refractivity contribution < 1.29 is 9.90 Å². The minimum atomic E-state index is -0.366. The summed E-state index contributed by atoms with van der Waals surface area (Å²) < 4.78 is 0. The average Bonchev–Trinajstić information content (AvgIpc) is 2.99. The Hall–Kier alpha value is -0.610.